The van der Waals surface area contributed by atoms with Crippen LogP contribution in [0.4, 0.5) is 19.1 Å². The molecule has 2 atom stereocenters. The van der Waals surface area contributed by atoms with Crippen LogP contribution in [-0.4, -0.2) is 71.5 Å². The average Bonchev–Trinajstić information content (AvgIpc) is 3.44. The number of anilines is 1. The Morgan fingerprint density at radius 3 is 2.61 bits per heavy atom. The molecule has 2 unspecified atom stereocenters. The predicted octanol–water partition coefficient (Wildman–Crippen LogP) is 2.85. The first kappa shape index (κ1) is 25.4. The standard InChI is InChI=1S/C22H27F3N6O3S2/c1-3-21-9-12(26)11-31(21)19(32)14-8-16(35-18(14)21)17-15(22(23,24)25)10-27-20(29-17)28-13-4-6-30(7-5-13)36(2,33)34/h8,10,12-13H,3-7,9,11,26H2,1-2H3,(H,27,28,29). The molecule has 2 aromatic rings. The lowest BCUT2D eigenvalue weighted by Gasteiger charge is -2.31. The summed E-state index contributed by atoms with van der Waals surface area (Å²) in [5.41, 5.74) is 4.72. The quantitative estimate of drug-likeness (QED) is 0.594. The zero-order valence-corrected chi connectivity index (χ0v) is 21.4. The number of piperidine rings is 1. The van der Waals surface area contributed by atoms with Gasteiger partial charge < -0.3 is 16.0 Å². The molecule has 36 heavy (non-hydrogen) atoms. The number of hydrogen-bond acceptors (Lipinski definition) is 8. The van der Waals surface area contributed by atoms with E-state index in [0.717, 1.165) is 28.7 Å². The topological polar surface area (TPSA) is 122 Å². The fourth-order valence-electron chi connectivity index (χ4n) is 5.52. The van der Waals surface area contributed by atoms with E-state index in [-0.39, 0.29) is 34.5 Å². The summed E-state index contributed by atoms with van der Waals surface area (Å²) in [5, 5.41) is 3.06. The van der Waals surface area contributed by atoms with Crippen molar-refractivity contribution in [3.63, 3.8) is 0 Å². The minimum absolute atomic E-state index is 0.0328. The second-order valence-corrected chi connectivity index (χ2v) is 12.7. The number of nitrogens with two attached hydrogens (primary N) is 1. The van der Waals surface area contributed by atoms with Crippen molar-refractivity contribution in [2.24, 2.45) is 5.73 Å². The highest BCUT2D eigenvalue weighted by Gasteiger charge is 2.55. The van der Waals surface area contributed by atoms with E-state index in [0.29, 0.717) is 50.9 Å². The van der Waals surface area contributed by atoms with E-state index in [1.807, 2.05) is 6.92 Å². The van der Waals surface area contributed by atoms with Gasteiger partial charge >= 0.3 is 6.18 Å². The van der Waals surface area contributed by atoms with Crippen LogP contribution in [0.2, 0.25) is 0 Å². The Kier molecular flexibility index (Phi) is 6.09. The molecule has 0 saturated carbocycles. The van der Waals surface area contributed by atoms with Gasteiger partial charge in [-0.15, -0.1) is 11.3 Å². The molecule has 0 aliphatic carbocycles. The van der Waals surface area contributed by atoms with Gasteiger partial charge in [-0.2, -0.15) is 13.2 Å². The maximum absolute atomic E-state index is 13.9. The van der Waals surface area contributed by atoms with Gasteiger partial charge in [-0.3, -0.25) is 4.79 Å². The summed E-state index contributed by atoms with van der Waals surface area (Å²) < 4.78 is 66.6. The van der Waals surface area contributed by atoms with Crippen LogP contribution >= 0.6 is 11.3 Å². The Labute approximate surface area is 210 Å². The molecule has 196 valence electrons. The van der Waals surface area contributed by atoms with Crippen molar-refractivity contribution in [2.75, 3.05) is 31.2 Å². The Morgan fingerprint density at radius 2 is 2.00 bits per heavy atom. The van der Waals surface area contributed by atoms with Crippen LogP contribution in [0.3, 0.4) is 0 Å². The number of rotatable bonds is 5. The molecular weight excluding hydrogens is 517 g/mol. The molecule has 2 aromatic heterocycles. The highest BCUT2D eigenvalue weighted by atomic mass is 32.2. The summed E-state index contributed by atoms with van der Waals surface area (Å²) >= 11 is 1.16. The molecule has 3 aliphatic heterocycles. The van der Waals surface area contributed by atoms with Crippen LogP contribution in [0.5, 0.6) is 0 Å². The number of thiophene rings is 1. The van der Waals surface area contributed by atoms with Crippen molar-refractivity contribution < 1.29 is 26.4 Å². The average molecular weight is 545 g/mol. The minimum atomic E-state index is -4.68. The van der Waals surface area contributed by atoms with Gasteiger partial charge in [0.25, 0.3) is 5.91 Å². The fourth-order valence-corrected chi connectivity index (χ4v) is 7.83. The van der Waals surface area contributed by atoms with E-state index in [9.17, 15) is 26.4 Å². The lowest BCUT2D eigenvalue weighted by atomic mass is 9.91. The maximum atomic E-state index is 13.9. The Morgan fingerprint density at radius 1 is 1.31 bits per heavy atom. The minimum Gasteiger partial charge on any atom is -0.351 e. The molecule has 3 N–H and O–H groups in total. The number of nitrogens with zero attached hydrogens (tertiary/aromatic N) is 4. The highest BCUT2D eigenvalue weighted by Crippen LogP contribution is 2.53. The molecule has 9 nitrogen and oxygen atoms in total. The number of nitrogens with one attached hydrogen (secondary N) is 1. The fraction of sp³-hybridized carbons (Fsp3) is 0.591. The first-order chi connectivity index (χ1) is 16.8. The highest BCUT2D eigenvalue weighted by molar-refractivity contribution is 7.88. The van der Waals surface area contributed by atoms with Crippen LogP contribution in [0.15, 0.2) is 12.3 Å². The van der Waals surface area contributed by atoms with Crippen molar-refractivity contribution in [1.29, 1.82) is 0 Å². The number of fused-ring (bicyclic) bond motifs is 3. The first-order valence-corrected chi connectivity index (χ1v) is 14.4. The molecule has 2 saturated heterocycles. The smallest absolute Gasteiger partial charge is 0.351 e. The van der Waals surface area contributed by atoms with E-state index >= 15 is 0 Å². The number of carbonyl (C=O) groups excluding carboxylic acids is 1. The summed E-state index contributed by atoms with van der Waals surface area (Å²) in [6.07, 6.45) is -0.636. The number of amides is 1. The molecule has 5 heterocycles. The first-order valence-electron chi connectivity index (χ1n) is 11.7. The molecular formula is C22H27F3N6O3S2. The SMILES string of the molecule is CCC12CC(N)CN1C(=O)c1cc(-c3nc(NC4CCN(S(C)(=O)=O)CC4)ncc3C(F)(F)F)sc12. The second kappa shape index (κ2) is 8.64. The second-order valence-electron chi connectivity index (χ2n) is 9.65. The number of aromatic nitrogens is 2. The molecule has 1 amide bonds. The third kappa shape index (κ3) is 4.17. The number of alkyl halides is 3. The van der Waals surface area contributed by atoms with Gasteiger partial charge in [0, 0.05) is 42.8 Å². The summed E-state index contributed by atoms with van der Waals surface area (Å²) in [6.45, 7) is 3.00. The lowest BCUT2D eigenvalue weighted by Crippen LogP contribution is -2.42. The van der Waals surface area contributed by atoms with Crippen molar-refractivity contribution in [1.82, 2.24) is 19.2 Å². The normalized spacial score (nSPS) is 25.3. The van der Waals surface area contributed by atoms with Gasteiger partial charge in [0.05, 0.1) is 27.9 Å². The number of carbonyl (C=O) groups is 1. The van der Waals surface area contributed by atoms with Crippen molar-refractivity contribution in [3.05, 3.63) is 28.3 Å². The van der Waals surface area contributed by atoms with Gasteiger partial charge in [-0.1, -0.05) is 6.92 Å². The summed E-state index contributed by atoms with van der Waals surface area (Å²) in [6, 6.07) is 1.15. The summed E-state index contributed by atoms with van der Waals surface area (Å²) in [4.78, 5) is 24.0. The monoisotopic (exact) mass is 544 g/mol. The van der Waals surface area contributed by atoms with Crippen LogP contribution in [-0.2, 0) is 21.7 Å². The van der Waals surface area contributed by atoms with Crippen LogP contribution < -0.4 is 11.1 Å². The zero-order chi connectivity index (χ0) is 26.0. The van der Waals surface area contributed by atoms with E-state index < -0.39 is 27.3 Å². The Balaban J connectivity index is 1.48. The van der Waals surface area contributed by atoms with Crippen LogP contribution in [0.25, 0.3) is 10.6 Å². The number of hydrogen-bond donors (Lipinski definition) is 2. The summed E-state index contributed by atoms with van der Waals surface area (Å²) in [7, 11) is -3.30. The Hall–Kier alpha value is -2.29. The molecule has 0 radical (unpaired) electrons. The van der Waals surface area contributed by atoms with Crippen molar-refractivity contribution in [3.8, 4) is 10.6 Å². The van der Waals surface area contributed by atoms with Gasteiger partial charge in [-0.05, 0) is 31.7 Å². The number of sulfonamides is 1. The third-order valence-electron chi connectivity index (χ3n) is 7.33. The third-order valence-corrected chi connectivity index (χ3v) is 9.97. The lowest BCUT2D eigenvalue weighted by molar-refractivity contribution is -0.137. The van der Waals surface area contributed by atoms with E-state index in [2.05, 4.69) is 15.3 Å². The molecule has 5 rings (SSSR count). The van der Waals surface area contributed by atoms with Crippen LogP contribution in [0, 0.1) is 0 Å². The zero-order valence-electron chi connectivity index (χ0n) is 19.8. The van der Waals surface area contributed by atoms with Crippen molar-refractivity contribution >= 4 is 33.2 Å². The molecule has 0 bridgehead atoms. The Bertz CT molecular complexity index is 1310. The van der Waals surface area contributed by atoms with Gasteiger partial charge in [0.2, 0.25) is 16.0 Å². The molecule has 3 aliphatic rings. The largest absolute Gasteiger partial charge is 0.420 e. The molecule has 14 heteroatoms. The van der Waals surface area contributed by atoms with Gasteiger partial charge in [0.15, 0.2) is 0 Å². The molecule has 0 spiro atoms. The predicted molar refractivity (Wildman–Crippen MR) is 129 cm³/mol. The van der Waals surface area contributed by atoms with E-state index in [4.69, 9.17) is 5.73 Å². The van der Waals surface area contributed by atoms with E-state index in [1.165, 1.54) is 10.4 Å². The summed E-state index contributed by atoms with van der Waals surface area (Å²) in [5.74, 6) is -0.175. The van der Waals surface area contributed by atoms with Gasteiger partial charge in [-0.25, -0.2) is 22.7 Å². The van der Waals surface area contributed by atoms with Crippen molar-refractivity contribution in [2.45, 2.75) is 56.4 Å². The molecule has 2 fully saturated rings. The van der Waals surface area contributed by atoms with Crippen LogP contribution in [0.1, 0.15) is 53.4 Å². The van der Waals surface area contributed by atoms with Gasteiger partial charge in [0.1, 0.15) is 5.56 Å². The maximum Gasteiger partial charge on any atom is 0.420 e. The number of halogens is 3. The van der Waals surface area contributed by atoms with E-state index in [1.54, 1.807) is 4.90 Å². The molecule has 0 aromatic carbocycles.